The molecule has 1 aromatic heterocycles. The second kappa shape index (κ2) is 6.66. The van der Waals surface area contributed by atoms with Crippen molar-refractivity contribution in [2.24, 2.45) is 20.0 Å². The lowest BCUT2D eigenvalue weighted by Gasteiger charge is -2.32. The lowest BCUT2D eigenvalue weighted by molar-refractivity contribution is -0.144. The number of aromatic nitrogens is 2. The minimum atomic E-state index is -4.27. The van der Waals surface area contributed by atoms with Crippen LogP contribution in [-0.2, 0) is 33.7 Å². The maximum Gasteiger partial charge on any atom is 0.330 e. The van der Waals surface area contributed by atoms with Crippen molar-refractivity contribution >= 4 is 16.0 Å². The maximum absolute atomic E-state index is 13.3. The zero-order valence-corrected chi connectivity index (χ0v) is 15.9. The summed E-state index contributed by atoms with van der Waals surface area (Å²) in [5.74, 6) is -0.552. The van der Waals surface area contributed by atoms with Gasteiger partial charge in [-0.2, -0.15) is 4.31 Å². The molecule has 1 aliphatic carbocycles. The smallest absolute Gasteiger partial charge is 0.330 e. The molecule has 3 rings (SSSR count). The maximum atomic E-state index is 13.3. The molecular formula is C16H23N3O6S. The fraction of sp³-hybridized carbons (Fsp3) is 0.688. The van der Waals surface area contributed by atoms with Crippen molar-refractivity contribution in [1.29, 1.82) is 0 Å². The van der Waals surface area contributed by atoms with E-state index >= 15 is 0 Å². The molecule has 2 fully saturated rings. The molecule has 26 heavy (non-hydrogen) atoms. The van der Waals surface area contributed by atoms with Gasteiger partial charge in [0.05, 0.1) is 7.11 Å². The predicted octanol–water partition coefficient (Wildman–Crippen LogP) is -0.421. The van der Waals surface area contributed by atoms with Crippen LogP contribution in [0.5, 0.6) is 0 Å². The second-order valence-corrected chi connectivity index (χ2v) is 8.78. The van der Waals surface area contributed by atoms with E-state index in [4.69, 9.17) is 4.74 Å². The number of carbonyl (C=O) groups excluding carboxylic acids is 1. The first-order valence-corrected chi connectivity index (χ1v) is 10.0. The summed E-state index contributed by atoms with van der Waals surface area (Å²) in [7, 11) is -0.432. The standard InChI is InChI=1S/C16H23N3O6S/c1-17-9-13(14(20)18(2)16(17)22)26(23,24)19-11-7-5-4-6-10(11)8-12(19)15(21)25-3/h9-12H,4-8H2,1-3H3/t10-,11+,12-/m0/s1. The SMILES string of the molecule is COC(=O)[C@@H]1C[C@@H]2CCCC[C@H]2N1S(=O)(=O)c1cn(C)c(=O)n(C)c1=O. The summed E-state index contributed by atoms with van der Waals surface area (Å²) in [4.78, 5) is 36.1. The van der Waals surface area contributed by atoms with E-state index in [1.807, 2.05) is 0 Å². The molecule has 0 N–H and O–H groups in total. The molecule has 10 heteroatoms. The highest BCUT2D eigenvalue weighted by Gasteiger charge is 2.52. The number of fused-ring (bicyclic) bond motifs is 1. The summed E-state index contributed by atoms with van der Waals surface area (Å²) in [5, 5.41) is 0. The Balaban J connectivity index is 2.16. The third-order valence-electron chi connectivity index (χ3n) is 5.47. The minimum Gasteiger partial charge on any atom is -0.468 e. The van der Waals surface area contributed by atoms with E-state index in [9.17, 15) is 22.8 Å². The number of esters is 1. The van der Waals surface area contributed by atoms with Gasteiger partial charge in [-0.1, -0.05) is 12.8 Å². The van der Waals surface area contributed by atoms with Crippen LogP contribution < -0.4 is 11.2 Å². The van der Waals surface area contributed by atoms with Crippen LogP contribution in [0.4, 0.5) is 0 Å². The van der Waals surface area contributed by atoms with E-state index in [0.29, 0.717) is 12.8 Å². The first kappa shape index (κ1) is 18.8. The number of hydrogen-bond acceptors (Lipinski definition) is 6. The van der Waals surface area contributed by atoms with Crippen molar-refractivity contribution in [1.82, 2.24) is 13.4 Å². The zero-order valence-electron chi connectivity index (χ0n) is 15.0. The molecule has 0 unspecified atom stereocenters. The number of rotatable bonds is 3. The summed E-state index contributed by atoms with van der Waals surface area (Å²) in [6, 6.07) is -1.28. The van der Waals surface area contributed by atoms with Crippen LogP contribution in [0.3, 0.4) is 0 Å². The Labute approximate surface area is 151 Å². The van der Waals surface area contributed by atoms with Gasteiger partial charge in [0.25, 0.3) is 15.6 Å². The molecule has 1 saturated carbocycles. The molecule has 1 saturated heterocycles. The summed E-state index contributed by atoms with van der Waals surface area (Å²) >= 11 is 0. The number of sulfonamides is 1. The molecule has 0 bridgehead atoms. The average molecular weight is 385 g/mol. The fourth-order valence-electron chi connectivity index (χ4n) is 4.17. The molecule has 0 amide bonds. The first-order chi connectivity index (χ1) is 12.2. The Bertz CT molecular complexity index is 948. The minimum absolute atomic E-state index is 0.0685. The number of ether oxygens (including phenoxy) is 1. The van der Waals surface area contributed by atoms with Gasteiger partial charge < -0.3 is 9.30 Å². The van der Waals surface area contributed by atoms with Gasteiger partial charge in [0.1, 0.15) is 6.04 Å². The Hall–Kier alpha value is -1.94. The normalized spacial score (nSPS) is 26.5. The predicted molar refractivity (Wildman–Crippen MR) is 92.1 cm³/mol. The molecule has 0 radical (unpaired) electrons. The Morgan fingerprint density at radius 2 is 1.85 bits per heavy atom. The molecule has 3 atom stereocenters. The van der Waals surface area contributed by atoms with Crippen LogP contribution in [0.1, 0.15) is 32.1 Å². The molecule has 1 aromatic rings. The van der Waals surface area contributed by atoms with E-state index in [1.165, 1.54) is 21.2 Å². The number of carbonyl (C=O) groups is 1. The third kappa shape index (κ3) is 2.81. The Morgan fingerprint density at radius 1 is 1.19 bits per heavy atom. The van der Waals surface area contributed by atoms with Crippen LogP contribution >= 0.6 is 0 Å². The molecule has 2 heterocycles. The number of hydrogen-bond donors (Lipinski definition) is 0. The van der Waals surface area contributed by atoms with Gasteiger partial charge in [0.15, 0.2) is 4.90 Å². The second-order valence-electron chi connectivity index (χ2n) is 6.97. The summed E-state index contributed by atoms with van der Waals surface area (Å²) in [5.41, 5.74) is -1.51. The molecule has 0 spiro atoms. The van der Waals surface area contributed by atoms with Crippen molar-refractivity contribution in [3.8, 4) is 0 Å². The first-order valence-electron chi connectivity index (χ1n) is 8.58. The van der Waals surface area contributed by atoms with Gasteiger partial charge in [0.2, 0.25) is 0 Å². The largest absolute Gasteiger partial charge is 0.468 e. The summed E-state index contributed by atoms with van der Waals surface area (Å²) < 4.78 is 34.5. The molecule has 2 aliphatic rings. The number of methoxy groups -OCH3 is 1. The summed E-state index contributed by atoms with van der Waals surface area (Å²) in [6.07, 6.45) is 4.77. The van der Waals surface area contributed by atoms with Crippen LogP contribution in [0.15, 0.2) is 20.7 Å². The van der Waals surface area contributed by atoms with Crippen molar-refractivity contribution in [3.05, 3.63) is 27.0 Å². The molecule has 144 valence electrons. The topological polar surface area (TPSA) is 108 Å². The highest BCUT2D eigenvalue weighted by molar-refractivity contribution is 7.89. The van der Waals surface area contributed by atoms with Crippen molar-refractivity contribution in [3.63, 3.8) is 0 Å². The molecular weight excluding hydrogens is 362 g/mol. The lowest BCUT2D eigenvalue weighted by Crippen LogP contribution is -2.49. The van der Waals surface area contributed by atoms with Gasteiger partial charge in [0, 0.05) is 26.3 Å². The number of aryl methyl sites for hydroxylation is 1. The molecule has 0 aromatic carbocycles. The molecule has 9 nitrogen and oxygen atoms in total. The fourth-order valence-corrected chi connectivity index (χ4v) is 6.18. The van der Waals surface area contributed by atoms with Crippen molar-refractivity contribution in [2.75, 3.05) is 7.11 Å². The highest BCUT2D eigenvalue weighted by atomic mass is 32.2. The van der Waals surface area contributed by atoms with Crippen LogP contribution in [0.2, 0.25) is 0 Å². The monoisotopic (exact) mass is 385 g/mol. The van der Waals surface area contributed by atoms with Crippen molar-refractivity contribution in [2.45, 2.75) is 49.1 Å². The lowest BCUT2D eigenvalue weighted by atomic mass is 9.85. The van der Waals surface area contributed by atoms with Crippen LogP contribution in [0, 0.1) is 5.92 Å². The van der Waals surface area contributed by atoms with E-state index < -0.39 is 38.2 Å². The quantitative estimate of drug-likeness (QED) is 0.654. The van der Waals surface area contributed by atoms with Gasteiger partial charge in [-0.25, -0.2) is 13.2 Å². The van der Waals surface area contributed by atoms with Gasteiger partial charge >= 0.3 is 11.7 Å². The number of nitrogens with zero attached hydrogens (tertiary/aromatic N) is 3. The Morgan fingerprint density at radius 3 is 2.50 bits per heavy atom. The average Bonchev–Trinajstić information content (AvgIpc) is 3.02. The van der Waals surface area contributed by atoms with E-state index in [-0.39, 0.29) is 12.0 Å². The van der Waals surface area contributed by atoms with E-state index in [2.05, 4.69) is 0 Å². The van der Waals surface area contributed by atoms with Crippen molar-refractivity contribution < 1.29 is 17.9 Å². The van der Waals surface area contributed by atoms with Crippen LogP contribution in [0.25, 0.3) is 0 Å². The van der Waals surface area contributed by atoms with Gasteiger partial charge in [-0.3, -0.25) is 14.2 Å². The van der Waals surface area contributed by atoms with Gasteiger partial charge in [-0.15, -0.1) is 0 Å². The van der Waals surface area contributed by atoms with E-state index in [0.717, 1.165) is 38.9 Å². The Kier molecular flexibility index (Phi) is 4.82. The van der Waals surface area contributed by atoms with E-state index in [1.54, 1.807) is 0 Å². The zero-order chi connectivity index (χ0) is 19.2. The summed E-state index contributed by atoms with van der Waals surface area (Å²) in [6.45, 7) is 0. The highest BCUT2D eigenvalue weighted by Crippen LogP contribution is 2.42. The third-order valence-corrected chi connectivity index (χ3v) is 7.39. The van der Waals surface area contributed by atoms with Crippen LogP contribution in [-0.4, -0.2) is 47.0 Å². The molecule has 1 aliphatic heterocycles. The van der Waals surface area contributed by atoms with Gasteiger partial charge in [-0.05, 0) is 25.2 Å².